The second-order valence-corrected chi connectivity index (χ2v) is 6.31. The Morgan fingerprint density at radius 3 is 2.53 bits per heavy atom. The van der Waals surface area contributed by atoms with Crippen molar-refractivity contribution in [2.75, 3.05) is 0 Å². The van der Waals surface area contributed by atoms with Gasteiger partial charge in [-0.3, -0.25) is 4.79 Å². The number of amides is 1. The first-order chi connectivity index (χ1) is 14.8. The highest BCUT2D eigenvalue weighted by atomic mass is 16.5. The van der Waals surface area contributed by atoms with Crippen LogP contribution in [0.25, 0.3) is 5.69 Å². The molecule has 1 heterocycles. The lowest BCUT2D eigenvalue weighted by atomic mass is 10.2. The highest BCUT2D eigenvalue weighted by molar-refractivity contribution is 5.95. The Morgan fingerprint density at radius 2 is 1.77 bits per heavy atom. The molecule has 8 nitrogen and oxygen atoms in total. The molecule has 0 radical (unpaired) electrons. The van der Waals surface area contributed by atoms with Gasteiger partial charge in [0.05, 0.1) is 11.9 Å². The van der Waals surface area contributed by atoms with Gasteiger partial charge >= 0.3 is 0 Å². The minimum absolute atomic E-state index is 0.322. The maximum absolute atomic E-state index is 12.3. The van der Waals surface area contributed by atoms with E-state index >= 15 is 0 Å². The average molecular weight is 398 g/mol. The van der Waals surface area contributed by atoms with Gasteiger partial charge < -0.3 is 4.74 Å². The van der Waals surface area contributed by atoms with Gasteiger partial charge in [0.15, 0.2) is 0 Å². The number of tetrazole rings is 1. The Morgan fingerprint density at radius 1 is 1.00 bits per heavy atom. The molecule has 30 heavy (non-hydrogen) atoms. The summed E-state index contributed by atoms with van der Waals surface area (Å²) in [5.74, 6) is 0.363. The normalized spacial score (nSPS) is 10.8. The maximum Gasteiger partial charge on any atom is 0.271 e. The van der Waals surface area contributed by atoms with Gasteiger partial charge in [0.1, 0.15) is 18.7 Å². The molecule has 0 bridgehead atoms. The van der Waals surface area contributed by atoms with E-state index in [1.54, 1.807) is 30.5 Å². The molecular formula is C22H18N6O2. The fraction of sp³-hybridized carbons (Fsp3) is 0.0455. The number of carbonyl (C=O) groups is 1. The predicted octanol–water partition coefficient (Wildman–Crippen LogP) is 3.01. The van der Waals surface area contributed by atoms with Crippen LogP contribution in [0.2, 0.25) is 0 Å². The molecule has 4 aromatic rings. The molecule has 0 atom stereocenters. The van der Waals surface area contributed by atoms with Crippen LogP contribution in [0.1, 0.15) is 21.5 Å². The van der Waals surface area contributed by atoms with Crippen LogP contribution < -0.4 is 10.2 Å². The lowest BCUT2D eigenvalue weighted by Gasteiger charge is -2.09. The van der Waals surface area contributed by atoms with Gasteiger partial charge in [-0.25, -0.2) is 10.1 Å². The van der Waals surface area contributed by atoms with Crippen LogP contribution in [-0.2, 0) is 6.61 Å². The zero-order valence-corrected chi connectivity index (χ0v) is 15.9. The molecular weight excluding hydrogens is 380 g/mol. The van der Waals surface area contributed by atoms with Crippen LogP contribution in [0.4, 0.5) is 0 Å². The van der Waals surface area contributed by atoms with E-state index in [2.05, 4.69) is 26.1 Å². The fourth-order valence-corrected chi connectivity index (χ4v) is 2.72. The van der Waals surface area contributed by atoms with E-state index < -0.39 is 0 Å². The molecule has 0 aliphatic carbocycles. The van der Waals surface area contributed by atoms with E-state index in [9.17, 15) is 4.79 Å². The number of hydrogen-bond acceptors (Lipinski definition) is 6. The van der Waals surface area contributed by atoms with Crippen LogP contribution in [-0.4, -0.2) is 32.3 Å². The van der Waals surface area contributed by atoms with Gasteiger partial charge in [-0.1, -0.05) is 42.5 Å². The van der Waals surface area contributed by atoms with Crippen molar-refractivity contribution in [3.8, 4) is 11.4 Å². The average Bonchev–Trinajstić information content (AvgIpc) is 3.34. The number of hydrazone groups is 1. The SMILES string of the molecule is O=C(N/N=C/c1ccccc1OCc1ccccc1)c1ccc(-n2cnnn2)cc1. The molecule has 0 saturated heterocycles. The van der Waals surface area contributed by atoms with Gasteiger partial charge in [-0.05, 0) is 52.4 Å². The van der Waals surface area contributed by atoms with Crippen molar-refractivity contribution in [1.82, 2.24) is 25.6 Å². The van der Waals surface area contributed by atoms with Crippen molar-refractivity contribution in [2.45, 2.75) is 6.61 Å². The van der Waals surface area contributed by atoms with E-state index in [0.717, 1.165) is 16.8 Å². The molecule has 0 unspecified atom stereocenters. The number of aromatic nitrogens is 4. The molecule has 1 amide bonds. The number of ether oxygens (including phenoxy) is 1. The van der Waals surface area contributed by atoms with Crippen molar-refractivity contribution in [1.29, 1.82) is 0 Å². The molecule has 8 heteroatoms. The highest BCUT2D eigenvalue weighted by Crippen LogP contribution is 2.17. The topological polar surface area (TPSA) is 94.3 Å². The molecule has 0 spiro atoms. The van der Waals surface area contributed by atoms with Crippen LogP contribution >= 0.6 is 0 Å². The van der Waals surface area contributed by atoms with Crippen molar-refractivity contribution in [3.63, 3.8) is 0 Å². The molecule has 0 aliphatic heterocycles. The van der Waals surface area contributed by atoms with Gasteiger partial charge in [0, 0.05) is 11.1 Å². The van der Waals surface area contributed by atoms with Crippen molar-refractivity contribution in [2.24, 2.45) is 5.10 Å². The third-order valence-corrected chi connectivity index (χ3v) is 4.27. The lowest BCUT2D eigenvalue weighted by Crippen LogP contribution is -2.17. The molecule has 1 aromatic heterocycles. The van der Waals surface area contributed by atoms with E-state index in [4.69, 9.17) is 4.74 Å². The number of para-hydroxylation sites is 1. The van der Waals surface area contributed by atoms with Gasteiger partial charge in [-0.2, -0.15) is 5.10 Å². The highest BCUT2D eigenvalue weighted by Gasteiger charge is 2.06. The zero-order valence-electron chi connectivity index (χ0n) is 15.9. The quantitative estimate of drug-likeness (QED) is 0.381. The summed E-state index contributed by atoms with van der Waals surface area (Å²) in [6, 6.07) is 24.3. The number of benzene rings is 3. The van der Waals surface area contributed by atoms with Gasteiger partial charge in [-0.15, -0.1) is 5.10 Å². The zero-order chi connectivity index (χ0) is 20.6. The second-order valence-electron chi connectivity index (χ2n) is 6.31. The Balaban J connectivity index is 1.37. The Kier molecular flexibility index (Phi) is 5.86. The molecule has 0 saturated carbocycles. The van der Waals surface area contributed by atoms with Crippen molar-refractivity contribution >= 4 is 12.1 Å². The Bertz CT molecular complexity index is 1130. The smallest absolute Gasteiger partial charge is 0.271 e. The summed E-state index contributed by atoms with van der Waals surface area (Å²) >= 11 is 0. The van der Waals surface area contributed by atoms with Crippen LogP contribution in [0.3, 0.4) is 0 Å². The Labute approximate surface area is 172 Å². The van der Waals surface area contributed by atoms with E-state index in [-0.39, 0.29) is 5.91 Å². The maximum atomic E-state index is 12.3. The van der Waals surface area contributed by atoms with Crippen LogP contribution in [0, 0.1) is 0 Å². The number of hydrogen-bond donors (Lipinski definition) is 1. The second kappa shape index (κ2) is 9.24. The van der Waals surface area contributed by atoms with Crippen molar-refractivity contribution < 1.29 is 9.53 Å². The summed E-state index contributed by atoms with van der Waals surface area (Å²) in [4.78, 5) is 12.3. The summed E-state index contributed by atoms with van der Waals surface area (Å²) in [6.45, 7) is 0.450. The summed E-state index contributed by atoms with van der Waals surface area (Å²) in [5, 5.41) is 15.0. The number of carbonyl (C=O) groups excluding carboxylic acids is 1. The van der Waals surface area contributed by atoms with E-state index in [1.165, 1.54) is 11.0 Å². The predicted molar refractivity (Wildman–Crippen MR) is 111 cm³/mol. The number of nitrogens with zero attached hydrogens (tertiary/aromatic N) is 5. The van der Waals surface area contributed by atoms with Crippen LogP contribution in [0.15, 0.2) is 90.3 Å². The largest absolute Gasteiger partial charge is 0.488 e. The first-order valence-electron chi connectivity index (χ1n) is 9.22. The molecule has 1 N–H and O–H groups in total. The van der Waals surface area contributed by atoms with E-state index in [1.807, 2.05) is 54.6 Å². The molecule has 4 rings (SSSR count). The summed E-state index contributed by atoms with van der Waals surface area (Å²) in [6.07, 6.45) is 3.05. The van der Waals surface area contributed by atoms with Gasteiger partial charge in [0.2, 0.25) is 0 Å². The molecule has 148 valence electrons. The standard InChI is InChI=1S/C22H18N6O2/c29-22(18-10-12-20(13-11-18)28-16-24-26-27-28)25-23-14-19-8-4-5-9-21(19)30-15-17-6-2-1-3-7-17/h1-14,16H,15H2,(H,25,29)/b23-14+. The first-order valence-corrected chi connectivity index (χ1v) is 9.22. The molecule has 3 aromatic carbocycles. The van der Waals surface area contributed by atoms with E-state index in [0.29, 0.717) is 17.9 Å². The first kappa shape index (κ1) is 19.0. The van der Waals surface area contributed by atoms with Crippen molar-refractivity contribution in [3.05, 3.63) is 102 Å². The number of nitrogens with one attached hydrogen (secondary N) is 1. The molecule has 0 fully saturated rings. The number of rotatable bonds is 7. The summed E-state index contributed by atoms with van der Waals surface area (Å²) in [5.41, 5.74) is 5.59. The molecule has 0 aliphatic rings. The third-order valence-electron chi connectivity index (χ3n) is 4.27. The monoisotopic (exact) mass is 398 g/mol. The fourth-order valence-electron chi connectivity index (χ4n) is 2.72. The Hall–Kier alpha value is -4.33. The van der Waals surface area contributed by atoms with Gasteiger partial charge in [0.25, 0.3) is 5.91 Å². The minimum Gasteiger partial charge on any atom is -0.488 e. The lowest BCUT2D eigenvalue weighted by molar-refractivity contribution is 0.0955. The van der Waals surface area contributed by atoms with Crippen LogP contribution in [0.5, 0.6) is 5.75 Å². The minimum atomic E-state index is -0.322. The third kappa shape index (κ3) is 4.74. The summed E-state index contributed by atoms with van der Waals surface area (Å²) in [7, 11) is 0. The summed E-state index contributed by atoms with van der Waals surface area (Å²) < 4.78 is 7.40.